The van der Waals surface area contributed by atoms with Crippen molar-refractivity contribution in [3.05, 3.63) is 0 Å². The predicted octanol–water partition coefficient (Wildman–Crippen LogP) is 0.264. The summed E-state index contributed by atoms with van der Waals surface area (Å²) in [5.74, 6) is 9.75. The highest BCUT2D eigenvalue weighted by Crippen LogP contribution is 2.23. The minimum absolute atomic E-state index is 0.649. The fourth-order valence-electron chi connectivity index (χ4n) is 1.16. The maximum absolute atomic E-state index is 5.32. The van der Waals surface area contributed by atoms with E-state index in [1.165, 1.54) is 17.3 Å². The van der Waals surface area contributed by atoms with Crippen molar-refractivity contribution in [2.45, 2.75) is 12.2 Å². The summed E-state index contributed by atoms with van der Waals surface area (Å²) in [7, 11) is 0. The quantitative estimate of drug-likeness (QED) is 0.283. The molecule has 4 nitrogen and oxygen atoms in total. The van der Waals surface area contributed by atoms with Crippen LogP contribution in [0.2, 0.25) is 0 Å². The van der Waals surface area contributed by atoms with E-state index >= 15 is 0 Å². The van der Waals surface area contributed by atoms with E-state index in [1.54, 1.807) is 0 Å². The van der Waals surface area contributed by atoms with Crippen molar-refractivity contribution in [1.29, 1.82) is 0 Å². The van der Waals surface area contributed by atoms with Crippen molar-refractivity contribution in [3.63, 3.8) is 0 Å². The SMILES string of the molecule is CCNC(=NCC1CSCCS1)NN. The number of hydrogen-bond acceptors (Lipinski definition) is 4. The van der Waals surface area contributed by atoms with E-state index < -0.39 is 0 Å². The van der Waals surface area contributed by atoms with Crippen LogP contribution in [0.15, 0.2) is 4.99 Å². The first-order valence-electron chi connectivity index (χ1n) is 4.81. The van der Waals surface area contributed by atoms with Crippen LogP contribution < -0.4 is 16.6 Å². The van der Waals surface area contributed by atoms with Gasteiger partial charge in [0.1, 0.15) is 0 Å². The van der Waals surface area contributed by atoms with Crippen LogP contribution in [0.25, 0.3) is 0 Å². The molecule has 6 heteroatoms. The van der Waals surface area contributed by atoms with Gasteiger partial charge in [0.25, 0.3) is 0 Å². The van der Waals surface area contributed by atoms with Gasteiger partial charge in [0.2, 0.25) is 5.96 Å². The Morgan fingerprint density at radius 3 is 3.00 bits per heavy atom. The number of aliphatic imine (C=N–C) groups is 1. The lowest BCUT2D eigenvalue weighted by Gasteiger charge is -2.19. The minimum atomic E-state index is 0.649. The molecule has 1 aliphatic rings. The molecule has 1 saturated heterocycles. The Kier molecular flexibility index (Phi) is 6.22. The van der Waals surface area contributed by atoms with Gasteiger partial charge in [0, 0.05) is 29.1 Å². The fourth-order valence-corrected chi connectivity index (χ4v) is 3.73. The van der Waals surface area contributed by atoms with E-state index in [4.69, 9.17) is 5.84 Å². The molecule has 0 amide bonds. The number of thioether (sulfide) groups is 2. The molecule has 1 fully saturated rings. The molecule has 0 aromatic carbocycles. The number of nitrogens with zero attached hydrogens (tertiary/aromatic N) is 1. The Balaban J connectivity index is 2.26. The van der Waals surface area contributed by atoms with Crippen molar-refractivity contribution in [2.75, 3.05) is 30.3 Å². The largest absolute Gasteiger partial charge is 0.356 e. The maximum Gasteiger partial charge on any atom is 0.205 e. The average molecular weight is 234 g/mol. The Bertz CT molecular complexity index is 180. The van der Waals surface area contributed by atoms with Gasteiger partial charge in [-0.2, -0.15) is 23.5 Å². The zero-order chi connectivity index (χ0) is 10.2. The second kappa shape index (κ2) is 7.25. The molecule has 1 atom stereocenters. The molecular weight excluding hydrogens is 216 g/mol. The summed E-state index contributed by atoms with van der Waals surface area (Å²) in [5.41, 5.74) is 2.57. The Morgan fingerprint density at radius 1 is 1.57 bits per heavy atom. The first kappa shape index (κ1) is 12.0. The minimum Gasteiger partial charge on any atom is -0.356 e. The van der Waals surface area contributed by atoms with Crippen LogP contribution in [-0.2, 0) is 0 Å². The van der Waals surface area contributed by atoms with Gasteiger partial charge in [-0.05, 0) is 6.92 Å². The highest BCUT2D eigenvalue weighted by atomic mass is 32.2. The lowest BCUT2D eigenvalue weighted by Crippen LogP contribution is -2.42. The van der Waals surface area contributed by atoms with Crippen LogP contribution in [0.1, 0.15) is 6.92 Å². The van der Waals surface area contributed by atoms with Gasteiger partial charge in [0.05, 0.1) is 6.54 Å². The molecule has 0 bridgehead atoms. The maximum atomic E-state index is 5.32. The van der Waals surface area contributed by atoms with Gasteiger partial charge in [-0.15, -0.1) is 0 Å². The van der Waals surface area contributed by atoms with Gasteiger partial charge >= 0.3 is 0 Å². The third kappa shape index (κ3) is 4.43. The van der Waals surface area contributed by atoms with Gasteiger partial charge in [-0.25, -0.2) is 5.84 Å². The summed E-state index contributed by atoms with van der Waals surface area (Å²) in [4.78, 5) is 4.39. The number of nitrogens with one attached hydrogen (secondary N) is 2. The summed E-state index contributed by atoms with van der Waals surface area (Å²) < 4.78 is 0. The summed E-state index contributed by atoms with van der Waals surface area (Å²) >= 11 is 4.02. The molecular formula is C8H18N4S2. The number of nitrogens with two attached hydrogens (primary N) is 1. The highest BCUT2D eigenvalue weighted by Gasteiger charge is 2.13. The first-order chi connectivity index (χ1) is 6.86. The van der Waals surface area contributed by atoms with E-state index in [1.807, 2.05) is 30.4 Å². The third-order valence-corrected chi connectivity index (χ3v) is 4.65. The molecule has 0 aromatic rings. The number of hydrazine groups is 1. The summed E-state index contributed by atoms with van der Waals surface area (Å²) in [5, 5.41) is 3.72. The van der Waals surface area contributed by atoms with Crippen LogP contribution in [0.4, 0.5) is 0 Å². The summed E-state index contributed by atoms with van der Waals surface area (Å²) in [6.07, 6.45) is 0. The smallest absolute Gasteiger partial charge is 0.205 e. The lowest BCUT2D eigenvalue weighted by atomic mass is 10.5. The first-order valence-corrected chi connectivity index (χ1v) is 7.01. The monoisotopic (exact) mass is 234 g/mol. The van der Waals surface area contributed by atoms with E-state index in [-0.39, 0.29) is 0 Å². The molecule has 14 heavy (non-hydrogen) atoms. The molecule has 0 aromatic heterocycles. The molecule has 1 rings (SSSR count). The van der Waals surface area contributed by atoms with Gasteiger partial charge in [-0.1, -0.05) is 0 Å². The number of rotatable bonds is 3. The predicted molar refractivity (Wildman–Crippen MR) is 66.9 cm³/mol. The summed E-state index contributed by atoms with van der Waals surface area (Å²) in [6.45, 7) is 3.72. The van der Waals surface area contributed by atoms with Crippen molar-refractivity contribution in [2.24, 2.45) is 10.8 Å². The topological polar surface area (TPSA) is 62.4 Å². The van der Waals surface area contributed by atoms with Crippen molar-refractivity contribution >= 4 is 29.5 Å². The van der Waals surface area contributed by atoms with E-state index in [0.29, 0.717) is 11.2 Å². The number of hydrogen-bond donors (Lipinski definition) is 3. The fraction of sp³-hybridized carbons (Fsp3) is 0.875. The molecule has 0 aliphatic carbocycles. The second-order valence-corrected chi connectivity index (χ2v) is 5.49. The van der Waals surface area contributed by atoms with Gasteiger partial charge in [0.15, 0.2) is 0 Å². The lowest BCUT2D eigenvalue weighted by molar-refractivity contribution is 0.843. The normalized spacial score (nSPS) is 23.3. The highest BCUT2D eigenvalue weighted by molar-refractivity contribution is 8.06. The van der Waals surface area contributed by atoms with E-state index in [9.17, 15) is 0 Å². The Labute approximate surface area is 93.8 Å². The zero-order valence-corrected chi connectivity index (χ0v) is 10.1. The van der Waals surface area contributed by atoms with Crippen LogP contribution in [0.5, 0.6) is 0 Å². The van der Waals surface area contributed by atoms with Crippen LogP contribution in [-0.4, -0.2) is 41.6 Å². The second-order valence-electron chi connectivity index (χ2n) is 2.93. The zero-order valence-electron chi connectivity index (χ0n) is 8.45. The van der Waals surface area contributed by atoms with Crippen LogP contribution in [0, 0.1) is 0 Å². The third-order valence-electron chi connectivity index (χ3n) is 1.82. The molecule has 1 heterocycles. The Morgan fingerprint density at radius 2 is 2.43 bits per heavy atom. The van der Waals surface area contributed by atoms with E-state index in [0.717, 1.165) is 13.1 Å². The molecule has 1 aliphatic heterocycles. The van der Waals surface area contributed by atoms with Crippen molar-refractivity contribution in [3.8, 4) is 0 Å². The molecule has 0 saturated carbocycles. The van der Waals surface area contributed by atoms with Crippen molar-refractivity contribution in [1.82, 2.24) is 10.7 Å². The molecule has 4 N–H and O–H groups in total. The molecule has 82 valence electrons. The standard InChI is InChI=1S/C8H18N4S2/c1-2-10-8(12-9)11-5-7-6-13-3-4-14-7/h7H,2-6,9H2,1H3,(H2,10,11,12). The van der Waals surface area contributed by atoms with Gasteiger partial charge < -0.3 is 5.32 Å². The Hall–Kier alpha value is -0.0700. The summed E-state index contributed by atoms with van der Waals surface area (Å²) in [6, 6.07) is 0. The molecule has 1 unspecified atom stereocenters. The average Bonchev–Trinajstić information content (AvgIpc) is 2.25. The van der Waals surface area contributed by atoms with Crippen LogP contribution in [0.3, 0.4) is 0 Å². The van der Waals surface area contributed by atoms with Crippen LogP contribution >= 0.6 is 23.5 Å². The van der Waals surface area contributed by atoms with E-state index in [2.05, 4.69) is 15.7 Å². The number of guanidine groups is 1. The molecule has 0 spiro atoms. The van der Waals surface area contributed by atoms with Gasteiger partial charge in [-0.3, -0.25) is 10.4 Å². The molecule has 0 radical (unpaired) electrons. The van der Waals surface area contributed by atoms with Crippen molar-refractivity contribution < 1.29 is 0 Å².